The summed E-state index contributed by atoms with van der Waals surface area (Å²) in [4.78, 5) is 24.7. The van der Waals surface area contributed by atoms with Crippen molar-refractivity contribution in [2.75, 3.05) is 13.2 Å². The van der Waals surface area contributed by atoms with Gasteiger partial charge < -0.3 is 19.9 Å². The molecule has 4 unspecified atom stereocenters. The maximum Gasteiger partial charge on any atom is 0.337 e. The van der Waals surface area contributed by atoms with Gasteiger partial charge in [0.15, 0.2) is 0 Å². The fourth-order valence-corrected chi connectivity index (χ4v) is 6.09. The highest BCUT2D eigenvalue weighted by Gasteiger charge is 2.44. The molecule has 0 bridgehead atoms. The van der Waals surface area contributed by atoms with Gasteiger partial charge in [-0.3, -0.25) is 4.79 Å². The molecule has 0 aromatic carbocycles. The summed E-state index contributed by atoms with van der Waals surface area (Å²) in [5.41, 5.74) is 2.44. The number of hydrogen-bond acceptors (Lipinski definition) is 6. The first-order valence-corrected chi connectivity index (χ1v) is 13.2. The highest BCUT2D eigenvalue weighted by atomic mass is 32.2. The van der Waals surface area contributed by atoms with Crippen LogP contribution in [0.3, 0.4) is 0 Å². The topological polar surface area (TPSA) is 84.9 Å². The minimum absolute atomic E-state index is 0.173. The summed E-state index contributed by atoms with van der Waals surface area (Å²) in [6.07, 6.45) is 14.3. The molecule has 34 heavy (non-hydrogen) atoms. The Labute approximate surface area is 207 Å². The molecule has 1 amide bonds. The van der Waals surface area contributed by atoms with Gasteiger partial charge in [-0.1, -0.05) is 75.3 Å². The Morgan fingerprint density at radius 3 is 2.62 bits per heavy atom. The van der Waals surface area contributed by atoms with Crippen LogP contribution in [0.4, 0.5) is 0 Å². The first-order chi connectivity index (χ1) is 16.4. The highest BCUT2D eigenvalue weighted by Crippen LogP contribution is 2.49. The number of fused-ring (bicyclic) bond motifs is 1. The Balaban J connectivity index is 1.92. The number of carbonyl (C=O) groups is 2. The maximum atomic E-state index is 12.8. The van der Waals surface area contributed by atoms with Gasteiger partial charge >= 0.3 is 5.97 Å². The van der Waals surface area contributed by atoms with Crippen molar-refractivity contribution in [1.82, 2.24) is 5.32 Å². The monoisotopic (exact) mass is 487 g/mol. The average Bonchev–Trinajstić information content (AvgIpc) is 3.17. The first kappa shape index (κ1) is 26.4. The average molecular weight is 488 g/mol. The minimum Gasteiger partial charge on any atom is -0.496 e. The third-order valence-electron chi connectivity index (χ3n) is 6.37. The molecular formula is C27H37NO5S. The summed E-state index contributed by atoms with van der Waals surface area (Å²) >= 11 is 1.45. The zero-order valence-corrected chi connectivity index (χ0v) is 21.5. The molecule has 1 heterocycles. The van der Waals surface area contributed by atoms with Crippen LogP contribution in [0, 0.1) is 11.8 Å². The third kappa shape index (κ3) is 6.25. The number of hydrogen-bond donors (Lipinski definition) is 2. The molecule has 0 radical (unpaired) electrons. The van der Waals surface area contributed by atoms with E-state index >= 15 is 0 Å². The maximum absolute atomic E-state index is 12.8. The number of amides is 1. The van der Waals surface area contributed by atoms with Gasteiger partial charge in [-0.15, -0.1) is 0 Å². The predicted molar refractivity (Wildman–Crippen MR) is 136 cm³/mol. The van der Waals surface area contributed by atoms with E-state index < -0.39 is 12.1 Å². The van der Waals surface area contributed by atoms with E-state index in [0.717, 1.165) is 36.2 Å². The van der Waals surface area contributed by atoms with Crippen molar-refractivity contribution < 1.29 is 24.2 Å². The van der Waals surface area contributed by atoms with Crippen LogP contribution in [-0.4, -0.2) is 41.6 Å². The van der Waals surface area contributed by atoms with Crippen molar-refractivity contribution in [3.05, 3.63) is 57.9 Å². The number of nitrogens with one attached hydrogen (secondary N) is 1. The number of aliphatic hydroxyl groups is 1. The first-order valence-electron chi connectivity index (χ1n) is 12.4. The van der Waals surface area contributed by atoms with Gasteiger partial charge in [0.1, 0.15) is 5.76 Å². The lowest BCUT2D eigenvalue weighted by atomic mass is 9.85. The van der Waals surface area contributed by atoms with E-state index in [1.54, 1.807) is 13.0 Å². The number of rotatable bonds is 11. The van der Waals surface area contributed by atoms with Crippen molar-refractivity contribution in [2.24, 2.45) is 11.8 Å². The second-order valence-corrected chi connectivity index (χ2v) is 10.0. The van der Waals surface area contributed by atoms with Crippen LogP contribution in [0.5, 0.6) is 0 Å². The zero-order chi connectivity index (χ0) is 24.7. The van der Waals surface area contributed by atoms with E-state index in [4.69, 9.17) is 9.47 Å². The molecule has 0 saturated heterocycles. The Morgan fingerprint density at radius 2 is 2.00 bits per heavy atom. The van der Waals surface area contributed by atoms with Gasteiger partial charge in [-0.05, 0) is 31.3 Å². The van der Waals surface area contributed by atoms with Crippen molar-refractivity contribution in [3.63, 3.8) is 0 Å². The molecule has 7 heteroatoms. The summed E-state index contributed by atoms with van der Waals surface area (Å²) in [5, 5.41) is 13.1. The zero-order valence-electron chi connectivity index (χ0n) is 20.6. The molecule has 2 N–H and O–H groups in total. The second kappa shape index (κ2) is 12.5. The Bertz CT molecular complexity index is 929. The molecule has 0 spiro atoms. The molecule has 6 nitrogen and oxygen atoms in total. The van der Waals surface area contributed by atoms with E-state index in [-0.39, 0.29) is 23.7 Å². The molecule has 0 aromatic heterocycles. The highest BCUT2D eigenvalue weighted by molar-refractivity contribution is 8.04. The van der Waals surface area contributed by atoms with Crippen LogP contribution >= 0.6 is 11.8 Å². The van der Waals surface area contributed by atoms with E-state index in [0.29, 0.717) is 29.5 Å². The van der Waals surface area contributed by atoms with E-state index in [2.05, 4.69) is 19.2 Å². The second-order valence-electron chi connectivity index (χ2n) is 8.87. The molecule has 186 valence electrons. The van der Waals surface area contributed by atoms with E-state index in [1.807, 2.05) is 24.3 Å². The Kier molecular flexibility index (Phi) is 9.65. The molecular weight excluding hydrogens is 450 g/mol. The minimum atomic E-state index is -0.474. The van der Waals surface area contributed by atoms with Gasteiger partial charge in [-0.2, -0.15) is 0 Å². The fraction of sp³-hybridized carbons (Fsp3) is 0.556. The molecule has 2 aliphatic carbocycles. The predicted octanol–water partition coefficient (Wildman–Crippen LogP) is 4.93. The summed E-state index contributed by atoms with van der Waals surface area (Å²) in [7, 11) is 0. The Morgan fingerprint density at radius 1 is 1.21 bits per heavy atom. The molecule has 0 saturated carbocycles. The number of esters is 1. The van der Waals surface area contributed by atoms with Crippen molar-refractivity contribution in [2.45, 2.75) is 71.2 Å². The van der Waals surface area contributed by atoms with Crippen molar-refractivity contribution in [1.29, 1.82) is 0 Å². The quantitative estimate of drug-likeness (QED) is 0.402. The molecule has 3 rings (SSSR count). The van der Waals surface area contributed by atoms with Crippen LogP contribution in [0.1, 0.15) is 59.8 Å². The number of allylic oxidation sites excluding steroid dienone is 5. The standard InChI is InChI=1S/C27H37NO5S/c1-5-8-18(6-2)15-16-33-24-21(19-9-11-20(30)12-10-19)13-14-22-23(27(31)32-7-3)26(28-17(4)29)34-25(22)24/h9-11,13-14,18,20,22,25,30H,5-8,12,15-16H2,1-4H3,(H,28,29). The van der Waals surface area contributed by atoms with Gasteiger partial charge in [0.05, 0.1) is 35.2 Å². The Hall–Kier alpha value is -2.25. The lowest BCUT2D eigenvalue weighted by molar-refractivity contribution is -0.139. The molecule has 0 fully saturated rings. The van der Waals surface area contributed by atoms with Crippen LogP contribution in [0.25, 0.3) is 0 Å². The van der Waals surface area contributed by atoms with Crippen LogP contribution in [-0.2, 0) is 19.1 Å². The van der Waals surface area contributed by atoms with E-state index in [9.17, 15) is 14.7 Å². The lowest BCUT2D eigenvalue weighted by Gasteiger charge is -2.29. The van der Waals surface area contributed by atoms with Crippen LogP contribution < -0.4 is 5.32 Å². The molecule has 1 aliphatic heterocycles. The van der Waals surface area contributed by atoms with Crippen molar-refractivity contribution >= 4 is 23.6 Å². The number of carbonyl (C=O) groups excluding carboxylic acids is 2. The van der Waals surface area contributed by atoms with Gasteiger partial charge in [0.25, 0.3) is 0 Å². The number of ether oxygens (including phenoxy) is 2. The summed E-state index contributed by atoms with van der Waals surface area (Å²) in [5.74, 6) is 0.551. The summed E-state index contributed by atoms with van der Waals surface area (Å²) in [6, 6.07) is 0. The van der Waals surface area contributed by atoms with Crippen molar-refractivity contribution in [3.8, 4) is 0 Å². The molecule has 3 aliphatic rings. The summed E-state index contributed by atoms with van der Waals surface area (Å²) < 4.78 is 11.8. The van der Waals surface area contributed by atoms with Crippen LogP contribution in [0.2, 0.25) is 0 Å². The van der Waals surface area contributed by atoms with Crippen LogP contribution in [0.15, 0.2) is 57.9 Å². The SMILES string of the molecule is CCCC(CC)CCOC1=C(C2=CCC(O)C=C2)C=CC2C(C(=O)OCC)=C(NC(C)=O)SC12. The largest absolute Gasteiger partial charge is 0.496 e. The number of aliphatic hydroxyl groups excluding tert-OH is 1. The fourth-order valence-electron chi connectivity index (χ4n) is 4.61. The lowest BCUT2D eigenvalue weighted by Crippen LogP contribution is -2.26. The smallest absolute Gasteiger partial charge is 0.337 e. The normalized spacial score (nSPS) is 24.6. The van der Waals surface area contributed by atoms with E-state index in [1.165, 1.54) is 25.1 Å². The number of thioether (sulfide) groups is 1. The molecule has 4 atom stereocenters. The van der Waals surface area contributed by atoms with Gasteiger partial charge in [0.2, 0.25) is 5.91 Å². The van der Waals surface area contributed by atoms with Gasteiger partial charge in [0, 0.05) is 18.4 Å². The van der Waals surface area contributed by atoms with Gasteiger partial charge in [-0.25, -0.2) is 4.79 Å². The molecule has 0 aromatic rings. The summed E-state index contributed by atoms with van der Waals surface area (Å²) in [6.45, 7) is 8.50. The third-order valence-corrected chi connectivity index (χ3v) is 7.69.